The third kappa shape index (κ3) is 5.08. The number of carbonyl (C=O) groups excluding carboxylic acids is 3. The van der Waals surface area contributed by atoms with E-state index in [1.807, 2.05) is 20.8 Å². The molecule has 1 fully saturated rings. The zero-order valence-corrected chi connectivity index (χ0v) is 14.7. The molecule has 3 atom stereocenters. The van der Waals surface area contributed by atoms with E-state index in [0.29, 0.717) is 12.8 Å². The first kappa shape index (κ1) is 19.2. The van der Waals surface area contributed by atoms with Crippen molar-refractivity contribution in [2.45, 2.75) is 71.1 Å². The third-order valence-electron chi connectivity index (χ3n) is 3.87. The van der Waals surface area contributed by atoms with E-state index in [2.05, 4.69) is 17.2 Å². The van der Waals surface area contributed by atoms with E-state index >= 15 is 0 Å². The van der Waals surface area contributed by atoms with Crippen molar-refractivity contribution >= 4 is 17.8 Å². The van der Waals surface area contributed by atoms with Crippen LogP contribution in [-0.2, 0) is 19.1 Å². The van der Waals surface area contributed by atoms with Crippen LogP contribution in [-0.4, -0.2) is 35.0 Å². The first-order valence-corrected chi connectivity index (χ1v) is 7.91. The average Bonchev–Trinajstić information content (AvgIpc) is 2.37. The minimum absolute atomic E-state index is 0.0689. The maximum Gasteiger partial charge on any atom is 0.303 e. The lowest BCUT2D eigenvalue weighted by molar-refractivity contribution is -0.161. The summed E-state index contributed by atoms with van der Waals surface area (Å²) in [7, 11) is 0. The van der Waals surface area contributed by atoms with Gasteiger partial charge in [0.15, 0.2) is 5.54 Å². The Kier molecular flexibility index (Phi) is 5.97. The van der Waals surface area contributed by atoms with Gasteiger partial charge in [-0.15, -0.1) is 6.58 Å². The minimum atomic E-state index is -1.28. The number of hydrogen-bond donors (Lipinski definition) is 2. The van der Waals surface area contributed by atoms with Crippen molar-refractivity contribution in [1.29, 1.82) is 0 Å². The molecule has 0 spiro atoms. The molecule has 2 N–H and O–H groups in total. The summed E-state index contributed by atoms with van der Waals surface area (Å²) < 4.78 is 5.39. The summed E-state index contributed by atoms with van der Waals surface area (Å²) in [6.07, 6.45) is 2.70. The second kappa shape index (κ2) is 7.15. The average molecular weight is 324 g/mol. The topological polar surface area (TPSA) is 84.5 Å². The quantitative estimate of drug-likeness (QED) is 0.609. The summed E-state index contributed by atoms with van der Waals surface area (Å²) in [6.45, 7) is 12.0. The van der Waals surface area contributed by atoms with Crippen LogP contribution in [0.25, 0.3) is 0 Å². The number of allylic oxidation sites excluding steroid dienone is 1. The van der Waals surface area contributed by atoms with Gasteiger partial charge >= 0.3 is 5.97 Å². The van der Waals surface area contributed by atoms with Crippen molar-refractivity contribution in [1.82, 2.24) is 10.6 Å². The molecule has 0 aromatic heterocycles. The van der Waals surface area contributed by atoms with Gasteiger partial charge in [0.1, 0.15) is 6.10 Å². The van der Waals surface area contributed by atoms with Gasteiger partial charge in [-0.2, -0.15) is 0 Å². The maximum atomic E-state index is 13.0. The predicted octanol–water partition coefficient (Wildman–Crippen LogP) is 1.69. The minimum Gasteiger partial charge on any atom is -0.459 e. The Morgan fingerprint density at radius 3 is 2.26 bits per heavy atom. The summed E-state index contributed by atoms with van der Waals surface area (Å²) in [4.78, 5) is 36.2. The van der Waals surface area contributed by atoms with E-state index in [0.717, 1.165) is 6.42 Å². The van der Waals surface area contributed by atoms with Crippen molar-refractivity contribution in [3.8, 4) is 0 Å². The monoisotopic (exact) mass is 324 g/mol. The summed E-state index contributed by atoms with van der Waals surface area (Å²) in [6, 6.07) is 0. The van der Waals surface area contributed by atoms with Crippen molar-refractivity contribution < 1.29 is 19.1 Å². The Hall–Kier alpha value is -1.85. The largest absolute Gasteiger partial charge is 0.459 e. The molecule has 1 aliphatic rings. The van der Waals surface area contributed by atoms with Crippen molar-refractivity contribution in [2.24, 2.45) is 5.92 Å². The molecule has 1 aliphatic carbocycles. The van der Waals surface area contributed by atoms with Crippen LogP contribution < -0.4 is 10.6 Å². The first-order chi connectivity index (χ1) is 10.5. The lowest BCUT2D eigenvalue weighted by Crippen LogP contribution is -2.69. The number of carbonyl (C=O) groups is 3. The van der Waals surface area contributed by atoms with Crippen LogP contribution in [0.3, 0.4) is 0 Å². The van der Waals surface area contributed by atoms with Crippen molar-refractivity contribution in [3.63, 3.8) is 0 Å². The van der Waals surface area contributed by atoms with Crippen LogP contribution >= 0.6 is 0 Å². The summed E-state index contributed by atoms with van der Waals surface area (Å²) in [5.74, 6) is -1.07. The molecule has 0 heterocycles. The lowest BCUT2D eigenvalue weighted by atomic mass is 9.72. The molecule has 0 saturated heterocycles. The number of hydrogen-bond acceptors (Lipinski definition) is 4. The van der Waals surface area contributed by atoms with E-state index in [4.69, 9.17) is 4.74 Å². The Balaban J connectivity index is 3.26. The molecule has 0 radical (unpaired) electrons. The number of nitrogens with one attached hydrogen (secondary N) is 2. The molecule has 6 nitrogen and oxygen atoms in total. The van der Waals surface area contributed by atoms with Gasteiger partial charge in [0.2, 0.25) is 11.8 Å². The van der Waals surface area contributed by atoms with Crippen molar-refractivity contribution in [3.05, 3.63) is 12.7 Å². The van der Waals surface area contributed by atoms with Crippen LogP contribution in [0.4, 0.5) is 0 Å². The molecule has 1 rings (SSSR count). The number of esters is 1. The second-order valence-corrected chi connectivity index (χ2v) is 7.23. The van der Waals surface area contributed by atoms with Gasteiger partial charge < -0.3 is 15.4 Å². The fourth-order valence-electron chi connectivity index (χ4n) is 3.01. The van der Waals surface area contributed by atoms with E-state index in [1.54, 1.807) is 6.08 Å². The third-order valence-corrected chi connectivity index (χ3v) is 3.87. The number of ether oxygens (including phenoxy) is 1. The van der Waals surface area contributed by atoms with Crippen LogP contribution in [0.1, 0.15) is 53.9 Å². The van der Waals surface area contributed by atoms with E-state index in [9.17, 15) is 14.4 Å². The molecule has 1 saturated carbocycles. The van der Waals surface area contributed by atoms with Crippen molar-refractivity contribution in [2.75, 3.05) is 0 Å². The Morgan fingerprint density at radius 2 is 1.83 bits per heavy atom. The standard InChI is InChI=1S/C17H28N2O4/c1-7-13-8-9-14(23-12(3)21)17(10-13,18-11(2)20)15(22)19-16(4,5)6/h7,13-14H,1,8-10H2,2-6H3,(H,18,20)(H,19,22)/t13-,14-,17+/m1/s1. The summed E-state index contributed by atoms with van der Waals surface area (Å²) in [5.41, 5.74) is -1.74. The van der Waals surface area contributed by atoms with Gasteiger partial charge in [0.25, 0.3) is 0 Å². The zero-order valence-electron chi connectivity index (χ0n) is 14.7. The van der Waals surface area contributed by atoms with Crippen LogP contribution in [0.15, 0.2) is 12.7 Å². The van der Waals surface area contributed by atoms with Gasteiger partial charge in [-0.3, -0.25) is 14.4 Å². The molecular formula is C17H28N2O4. The highest BCUT2D eigenvalue weighted by Crippen LogP contribution is 2.36. The smallest absolute Gasteiger partial charge is 0.303 e. The predicted molar refractivity (Wildman–Crippen MR) is 87.5 cm³/mol. The zero-order chi connectivity index (χ0) is 17.8. The molecule has 0 aromatic carbocycles. The van der Waals surface area contributed by atoms with Crippen LogP contribution in [0.2, 0.25) is 0 Å². The molecule has 130 valence electrons. The second-order valence-electron chi connectivity index (χ2n) is 7.23. The molecule has 0 bridgehead atoms. The fourth-order valence-corrected chi connectivity index (χ4v) is 3.01. The molecule has 2 amide bonds. The molecule has 0 aromatic rings. The Labute approximate surface area is 138 Å². The highest BCUT2D eigenvalue weighted by molar-refractivity contribution is 5.92. The normalized spacial score (nSPS) is 27.7. The van der Waals surface area contributed by atoms with Crippen LogP contribution in [0.5, 0.6) is 0 Å². The van der Waals surface area contributed by atoms with E-state index in [-0.39, 0.29) is 17.7 Å². The summed E-state index contributed by atoms with van der Waals surface area (Å²) >= 11 is 0. The SMILES string of the molecule is C=C[C@@H]1CC[C@@H](OC(C)=O)[C@](NC(C)=O)(C(=O)NC(C)(C)C)C1. The van der Waals surface area contributed by atoms with Gasteiger partial charge in [0, 0.05) is 19.4 Å². The highest BCUT2D eigenvalue weighted by Gasteiger charge is 2.52. The molecule has 23 heavy (non-hydrogen) atoms. The van der Waals surface area contributed by atoms with Gasteiger partial charge in [0.05, 0.1) is 0 Å². The Morgan fingerprint density at radius 1 is 1.22 bits per heavy atom. The van der Waals surface area contributed by atoms with Gasteiger partial charge in [-0.05, 0) is 46.0 Å². The number of rotatable bonds is 4. The van der Waals surface area contributed by atoms with E-state index < -0.39 is 23.2 Å². The lowest BCUT2D eigenvalue weighted by Gasteiger charge is -2.45. The van der Waals surface area contributed by atoms with E-state index in [1.165, 1.54) is 13.8 Å². The molecule has 0 unspecified atom stereocenters. The number of amides is 2. The van der Waals surface area contributed by atoms with Gasteiger partial charge in [-0.1, -0.05) is 6.08 Å². The summed E-state index contributed by atoms with van der Waals surface area (Å²) in [5, 5.41) is 5.67. The molecule has 6 heteroatoms. The Bertz CT molecular complexity index is 495. The maximum absolute atomic E-state index is 13.0. The molecule has 0 aliphatic heterocycles. The highest BCUT2D eigenvalue weighted by atomic mass is 16.5. The fraction of sp³-hybridized carbons (Fsp3) is 0.706. The molecular weight excluding hydrogens is 296 g/mol. The first-order valence-electron chi connectivity index (χ1n) is 7.91. The van der Waals surface area contributed by atoms with Crippen LogP contribution in [0, 0.1) is 5.92 Å². The van der Waals surface area contributed by atoms with Gasteiger partial charge in [-0.25, -0.2) is 0 Å².